The molecule has 1 heterocycles. The van der Waals surface area contributed by atoms with E-state index in [9.17, 15) is 4.79 Å². The Morgan fingerprint density at radius 2 is 1.83 bits per heavy atom. The molecule has 3 aromatic rings. The summed E-state index contributed by atoms with van der Waals surface area (Å²) in [6, 6.07) is 18.7. The lowest BCUT2D eigenvalue weighted by Crippen LogP contribution is -2.21. The Balaban J connectivity index is 2.17. The van der Waals surface area contributed by atoms with Gasteiger partial charge in [-0.15, -0.1) is 0 Å². The minimum absolute atomic E-state index is 0.114. The highest BCUT2D eigenvalue weighted by Gasteiger charge is 2.11. The summed E-state index contributed by atoms with van der Waals surface area (Å²) in [7, 11) is 1.61. The van der Waals surface area contributed by atoms with Crippen LogP contribution < -0.4 is 10.3 Å². The summed E-state index contributed by atoms with van der Waals surface area (Å²) in [5.41, 5.74) is 2.24. The van der Waals surface area contributed by atoms with Gasteiger partial charge in [-0.1, -0.05) is 48.2 Å². The number of thioether (sulfide) groups is 1. The number of hydrogen-bond acceptors (Lipinski definition) is 4. The summed E-state index contributed by atoms with van der Waals surface area (Å²) < 4.78 is 6.84. The first-order valence-electron chi connectivity index (χ1n) is 7.11. The van der Waals surface area contributed by atoms with Gasteiger partial charge >= 0.3 is 0 Å². The highest BCUT2D eigenvalue weighted by atomic mass is 32.2. The molecule has 0 unspecified atom stereocenters. The van der Waals surface area contributed by atoms with E-state index in [1.807, 2.05) is 60.9 Å². The van der Waals surface area contributed by atoms with Crippen molar-refractivity contribution in [3.8, 4) is 22.7 Å². The zero-order valence-electron chi connectivity index (χ0n) is 12.9. The van der Waals surface area contributed by atoms with Crippen molar-refractivity contribution in [2.75, 3.05) is 13.4 Å². The van der Waals surface area contributed by atoms with Gasteiger partial charge in [0.25, 0.3) is 5.56 Å². The second-order valence-electron chi connectivity index (χ2n) is 4.87. The molecule has 0 aliphatic heterocycles. The van der Waals surface area contributed by atoms with Gasteiger partial charge in [0.2, 0.25) is 0 Å². The van der Waals surface area contributed by atoms with Crippen LogP contribution in [0.5, 0.6) is 5.75 Å². The SMILES string of the molecule is COc1cccc(-n2c(SC)nc(-c3ccccc3)cc2=O)c1. The molecule has 3 rings (SSSR count). The fraction of sp³-hybridized carbons (Fsp3) is 0.111. The molecule has 0 aliphatic carbocycles. The van der Waals surface area contributed by atoms with E-state index in [4.69, 9.17) is 4.74 Å². The Morgan fingerprint density at radius 1 is 1.04 bits per heavy atom. The lowest BCUT2D eigenvalue weighted by atomic mass is 10.1. The molecule has 0 atom stereocenters. The van der Waals surface area contributed by atoms with Crippen LogP contribution in [0.3, 0.4) is 0 Å². The Bertz CT molecular complexity index is 876. The van der Waals surface area contributed by atoms with Crippen molar-refractivity contribution in [1.82, 2.24) is 9.55 Å². The maximum absolute atomic E-state index is 12.7. The predicted octanol–water partition coefficient (Wildman–Crippen LogP) is 3.63. The van der Waals surface area contributed by atoms with Gasteiger partial charge in [0.1, 0.15) is 5.75 Å². The monoisotopic (exact) mass is 324 g/mol. The Morgan fingerprint density at radius 3 is 2.52 bits per heavy atom. The van der Waals surface area contributed by atoms with Crippen molar-refractivity contribution in [3.63, 3.8) is 0 Å². The topological polar surface area (TPSA) is 44.1 Å². The second kappa shape index (κ2) is 6.71. The van der Waals surface area contributed by atoms with E-state index in [1.54, 1.807) is 17.7 Å². The fourth-order valence-electron chi connectivity index (χ4n) is 2.34. The maximum Gasteiger partial charge on any atom is 0.259 e. The van der Waals surface area contributed by atoms with Gasteiger partial charge in [-0.3, -0.25) is 9.36 Å². The quantitative estimate of drug-likeness (QED) is 0.543. The molecular weight excluding hydrogens is 308 g/mol. The molecular formula is C18H16N2O2S. The standard InChI is InChI=1S/C18H16N2O2S/c1-22-15-10-6-9-14(11-15)20-17(21)12-16(19-18(20)23-2)13-7-4-3-5-8-13/h3-12H,1-2H3. The van der Waals surface area contributed by atoms with Gasteiger partial charge in [-0.05, 0) is 18.4 Å². The van der Waals surface area contributed by atoms with E-state index in [0.29, 0.717) is 16.6 Å². The average molecular weight is 324 g/mol. The molecule has 5 heteroatoms. The summed E-state index contributed by atoms with van der Waals surface area (Å²) in [5.74, 6) is 0.702. The van der Waals surface area contributed by atoms with Crippen molar-refractivity contribution < 1.29 is 4.74 Å². The summed E-state index contributed by atoms with van der Waals surface area (Å²) in [6.07, 6.45) is 1.91. The van der Waals surface area contributed by atoms with Crippen LogP contribution in [0.2, 0.25) is 0 Å². The van der Waals surface area contributed by atoms with Crippen molar-refractivity contribution >= 4 is 11.8 Å². The van der Waals surface area contributed by atoms with E-state index in [-0.39, 0.29) is 5.56 Å². The third kappa shape index (κ3) is 3.14. The van der Waals surface area contributed by atoms with E-state index in [0.717, 1.165) is 11.3 Å². The smallest absolute Gasteiger partial charge is 0.259 e. The minimum Gasteiger partial charge on any atom is -0.497 e. The average Bonchev–Trinajstić information content (AvgIpc) is 2.61. The van der Waals surface area contributed by atoms with Crippen LogP contribution in [0.25, 0.3) is 16.9 Å². The zero-order valence-corrected chi connectivity index (χ0v) is 13.7. The molecule has 2 aromatic carbocycles. The van der Waals surface area contributed by atoms with E-state index >= 15 is 0 Å². The Kier molecular flexibility index (Phi) is 4.48. The number of rotatable bonds is 4. The van der Waals surface area contributed by atoms with Crippen molar-refractivity contribution in [1.29, 1.82) is 0 Å². The Hall–Kier alpha value is -2.53. The van der Waals surface area contributed by atoms with Crippen molar-refractivity contribution in [2.45, 2.75) is 5.16 Å². The number of methoxy groups -OCH3 is 1. The number of ether oxygens (including phenoxy) is 1. The van der Waals surface area contributed by atoms with Gasteiger partial charge in [0.15, 0.2) is 5.16 Å². The molecule has 0 aliphatic rings. The molecule has 0 radical (unpaired) electrons. The molecule has 0 N–H and O–H groups in total. The number of hydrogen-bond donors (Lipinski definition) is 0. The van der Waals surface area contributed by atoms with E-state index in [2.05, 4.69) is 4.98 Å². The fourth-order valence-corrected chi connectivity index (χ4v) is 2.91. The van der Waals surface area contributed by atoms with E-state index < -0.39 is 0 Å². The number of benzene rings is 2. The van der Waals surface area contributed by atoms with Crippen LogP contribution in [0.15, 0.2) is 70.6 Å². The maximum atomic E-state index is 12.7. The third-order valence-electron chi connectivity index (χ3n) is 3.45. The van der Waals surface area contributed by atoms with Crippen LogP contribution in [-0.2, 0) is 0 Å². The molecule has 23 heavy (non-hydrogen) atoms. The zero-order chi connectivity index (χ0) is 16.2. The van der Waals surface area contributed by atoms with Crippen LogP contribution in [-0.4, -0.2) is 22.9 Å². The molecule has 4 nitrogen and oxygen atoms in total. The highest BCUT2D eigenvalue weighted by Crippen LogP contribution is 2.23. The largest absolute Gasteiger partial charge is 0.497 e. The minimum atomic E-state index is -0.114. The molecule has 116 valence electrons. The van der Waals surface area contributed by atoms with Crippen molar-refractivity contribution in [3.05, 3.63) is 71.0 Å². The van der Waals surface area contributed by atoms with Gasteiger partial charge in [-0.2, -0.15) is 0 Å². The number of aromatic nitrogens is 2. The summed E-state index contributed by atoms with van der Waals surface area (Å²) in [6.45, 7) is 0. The lowest BCUT2D eigenvalue weighted by Gasteiger charge is -2.12. The summed E-state index contributed by atoms with van der Waals surface area (Å²) in [5, 5.41) is 0.643. The van der Waals surface area contributed by atoms with Gasteiger partial charge in [0, 0.05) is 17.7 Å². The normalized spacial score (nSPS) is 10.5. The van der Waals surface area contributed by atoms with Crippen molar-refractivity contribution in [2.24, 2.45) is 0 Å². The molecule has 0 amide bonds. The third-order valence-corrected chi connectivity index (χ3v) is 4.09. The molecule has 0 spiro atoms. The van der Waals surface area contributed by atoms with Gasteiger partial charge in [0.05, 0.1) is 18.5 Å². The lowest BCUT2D eigenvalue weighted by molar-refractivity contribution is 0.414. The summed E-state index contributed by atoms with van der Waals surface area (Å²) in [4.78, 5) is 17.3. The Labute approximate surface area is 138 Å². The summed E-state index contributed by atoms with van der Waals surface area (Å²) >= 11 is 1.44. The van der Waals surface area contributed by atoms with Gasteiger partial charge in [-0.25, -0.2) is 4.98 Å². The van der Waals surface area contributed by atoms with Crippen LogP contribution in [0, 0.1) is 0 Å². The molecule has 1 aromatic heterocycles. The van der Waals surface area contributed by atoms with Crippen LogP contribution in [0.1, 0.15) is 0 Å². The van der Waals surface area contributed by atoms with Crippen LogP contribution >= 0.6 is 11.8 Å². The van der Waals surface area contributed by atoms with Crippen LogP contribution in [0.4, 0.5) is 0 Å². The predicted molar refractivity (Wildman–Crippen MR) is 93.6 cm³/mol. The first-order chi connectivity index (χ1) is 11.2. The van der Waals surface area contributed by atoms with Gasteiger partial charge < -0.3 is 4.74 Å². The molecule has 0 fully saturated rings. The molecule has 0 bridgehead atoms. The molecule has 0 saturated heterocycles. The second-order valence-corrected chi connectivity index (χ2v) is 5.64. The highest BCUT2D eigenvalue weighted by molar-refractivity contribution is 7.98. The molecule has 0 saturated carbocycles. The number of nitrogens with zero attached hydrogens (tertiary/aromatic N) is 2. The first-order valence-corrected chi connectivity index (χ1v) is 8.33. The first kappa shape index (κ1) is 15.4. The van der Waals surface area contributed by atoms with E-state index in [1.165, 1.54) is 11.8 Å².